The summed E-state index contributed by atoms with van der Waals surface area (Å²) in [6, 6.07) is 1.45. The lowest BCUT2D eigenvalue weighted by atomic mass is 10.1. The average Bonchev–Trinajstić information content (AvgIpc) is 2.85. The SMILES string of the molecule is C1CC2CN(CCC3COCCN3)CCN2C1. The maximum atomic E-state index is 5.50. The molecule has 3 aliphatic rings. The molecule has 0 aliphatic carbocycles. The van der Waals surface area contributed by atoms with E-state index >= 15 is 0 Å². The summed E-state index contributed by atoms with van der Waals surface area (Å²) in [5, 5.41) is 3.54. The third-order valence-electron chi connectivity index (χ3n) is 4.46. The van der Waals surface area contributed by atoms with Crippen LogP contribution in [0.3, 0.4) is 0 Å². The van der Waals surface area contributed by atoms with Gasteiger partial charge in [-0.3, -0.25) is 4.90 Å². The maximum absolute atomic E-state index is 5.50. The van der Waals surface area contributed by atoms with Crippen molar-refractivity contribution in [2.45, 2.75) is 31.3 Å². The summed E-state index contributed by atoms with van der Waals surface area (Å²) in [4.78, 5) is 5.33. The lowest BCUT2D eigenvalue weighted by Gasteiger charge is -2.38. The van der Waals surface area contributed by atoms with Crippen molar-refractivity contribution in [3.05, 3.63) is 0 Å². The second kappa shape index (κ2) is 5.65. The zero-order valence-electron chi connectivity index (χ0n) is 10.7. The lowest BCUT2D eigenvalue weighted by Crippen LogP contribution is -2.51. The Morgan fingerprint density at radius 2 is 2.24 bits per heavy atom. The molecule has 3 aliphatic heterocycles. The van der Waals surface area contributed by atoms with Crippen molar-refractivity contribution in [1.29, 1.82) is 0 Å². The molecule has 2 atom stereocenters. The zero-order valence-corrected chi connectivity index (χ0v) is 10.7. The molecule has 0 aromatic carbocycles. The smallest absolute Gasteiger partial charge is 0.0620 e. The van der Waals surface area contributed by atoms with Crippen molar-refractivity contribution in [2.24, 2.45) is 0 Å². The Labute approximate surface area is 104 Å². The molecule has 0 aromatic heterocycles. The van der Waals surface area contributed by atoms with Gasteiger partial charge < -0.3 is 15.0 Å². The van der Waals surface area contributed by atoms with Crippen LogP contribution in [-0.4, -0.2) is 74.4 Å². The fourth-order valence-corrected chi connectivity index (χ4v) is 3.40. The Hall–Kier alpha value is -0.160. The molecule has 0 spiro atoms. The summed E-state index contributed by atoms with van der Waals surface area (Å²) in [7, 11) is 0. The highest BCUT2D eigenvalue weighted by Crippen LogP contribution is 2.21. The first-order valence-electron chi connectivity index (χ1n) is 7.19. The second-order valence-corrected chi connectivity index (χ2v) is 5.65. The van der Waals surface area contributed by atoms with E-state index in [0.29, 0.717) is 6.04 Å². The van der Waals surface area contributed by atoms with Gasteiger partial charge in [-0.15, -0.1) is 0 Å². The highest BCUT2D eigenvalue weighted by molar-refractivity contribution is 4.87. The van der Waals surface area contributed by atoms with Crippen molar-refractivity contribution in [1.82, 2.24) is 15.1 Å². The normalized spacial score (nSPS) is 36.0. The van der Waals surface area contributed by atoms with Crippen LogP contribution in [0.15, 0.2) is 0 Å². The second-order valence-electron chi connectivity index (χ2n) is 5.65. The van der Waals surface area contributed by atoms with E-state index < -0.39 is 0 Å². The standard InChI is InChI=1S/C13H25N3O/c1-2-13-10-15(7-8-16(13)5-1)6-3-12-11-17-9-4-14-12/h12-14H,1-11H2. The minimum Gasteiger partial charge on any atom is -0.379 e. The molecule has 2 unspecified atom stereocenters. The van der Waals surface area contributed by atoms with Crippen LogP contribution in [0.5, 0.6) is 0 Å². The molecule has 0 bridgehead atoms. The van der Waals surface area contributed by atoms with Crippen molar-refractivity contribution >= 4 is 0 Å². The molecule has 0 aromatic rings. The van der Waals surface area contributed by atoms with Gasteiger partial charge in [0.2, 0.25) is 0 Å². The molecule has 3 heterocycles. The van der Waals surface area contributed by atoms with Gasteiger partial charge in [0, 0.05) is 38.3 Å². The summed E-state index contributed by atoms with van der Waals surface area (Å²) >= 11 is 0. The first kappa shape index (κ1) is 11.9. The number of morpholine rings is 1. The van der Waals surface area contributed by atoms with Crippen LogP contribution in [0.2, 0.25) is 0 Å². The Balaban J connectivity index is 1.40. The summed E-state index contributed by atoms with van der Waals surface area (Å²) in [5.74, 6) is 0. The van der Waals surface area contributed by atoms with Gasteiger partial charge >= 0.3 is 0 Å². The Morgan fingerprint density at radius 1 is 1.24 bits per heavy atom. The van der Waals surface area contributed by atoms with Crippen LogP contribution in [0.1, 0.15) is 19.3 Å². The number of piperazine rings is 1. The zero-order chi connectivity index (χ0) is 11.5. The molecule has 3 saturated heterocycles. The minimum absolute atomic E-state index is 0.588. The fourth-order valence-electron chi connectivity index (χ4n) is 3.40. The van der Waals surface area contributed by atoms with Gasteiger partial charge in [-0.1, -0.05) is 0 Å². The van der Waals surface area contributed by atoms with E-state index in [9.17, 15) is 0 Å². The van der Waals surface area contributed by atoms with Crippen molar-refractivity contribution in [3.63, 3.8) is 0 Å². The monoisotopic (exact) mass is 239 g/mol. The summed E-state index contributed by atoms with van der Waals surface area (Å²) in [6.45, 7) is 9.26. The molecule has 98 valence electrons. The van der Waals surface area contributed by atoms with Gasteiger partial charge in [0.15, 0.2) is 0 Å². The third-order valence-corrected chi connectivity index (χ3v) is 4.46. The molecule has 3 rings (SSSR count). The van der Waals surface area contributed by atoms with Crippen LogP contribution in [-0.2, 0) is 4.74 Å². The Bertz CT molecular complexity index is 243. The molecule has 3 fully saturated rings. The quantitative estimate of drug-likeness (QED) is 0.758. The van der Waals surface area contributed by atoms with Gasteiger partial charge in [0.1, 0.15) is 0 Å². The predicted octanol–water partition coefficient (Wildman–Crippen LogP) is 0.145. The molecule has 0 amide bonds. The largest absolute Gasteiger partial charge is 0.379 e. The van der Waals surface area contributed by atoms with Crippen LogP contribution >= 0.6 is 0 Å². The topological polar surface area (TPSA) is 27.7 Å². The fraction of sp³-hybridized carbons (Fsp3) is 1.00. The van der Waals surface area contributed by atoms with E-state index in [1.807, 2.05) is 0 Å². The van der Waals surface area contributed by atoms with Gasteiger partial charge in [-0.2, -0.15) is 0 Å². The van der Waals surface area contributed by atoms with Gasteiger partial charge in [-0.25, -0.2) is 0 Å². The van der Waals surface area contributed by atoms with Crippen molar-refractivity contribution < 1.29 is 4.74 Å². The van der Waals surface area contributed by atoms with Crippen LogP contribution in [0.4, 0.5) is 0 Å². The van der Waals surface area contributed by atoms with Crippen LogP contribution in [0, 0.1) is 0 Å². The Kier molecular flexibility index (Phi) is 3.96. The van der Waals surface area contributed by atoms with E-state index in [1.165, 1.54) is 52.0 Å². The highest BCUT2D eigenvalue weighted by atomic mass is 16.5. The average molecular weight is 239 g/mol. The minimum atomic E-state index is 0.588. The first-order chi connectivity index (χ1) is 8.42. The molecule has 0 radical (unpaired) electrons. The number of hydrogen-bond acceptors (Lipinski definition) is 4. The van der Waals surface area contributed by atoms with Gasteiger partial charge in [-0.05, 0) is 32.4 Å². The highest BCUT2D eigenvalue weighted by Gasteiger charge is 2.30. The number of nitrogens with zero attached hydrogens (tertiary/aromatic N) is 2. The molecule has 17 heavy (non-hydrogen) atoms. The van der Waals surface area contributed by atoms with E-state index in [2.05, 4.69) is 15.1 Å². The van der Waals surface area contributed by atoms with E-state index in [1.54, 1.807) is 0 Å². The van der Waals surface area contributed by atoms with E-state index in [4.69, 9.17) is 4.74 Å². The van der Waals surface area contributed by atoms with E-state index in [0.717, 1.165) is 25.8 Å². The molecule has 4 nitrogen and oxygen atoms in total. The van der Waals surface area contributed by atoms with Gasteiger partial charge in [0.05, 0.1) is 13.2 Å². The summed E-state index contributed by atoms with van der Waals surface area (Å²) in [6.07, 6.45) is 4.07. The molecular weight excluding hydrogens is 214 g/mol. The molecule has 4 heteroatoms. The summed E-state index contributed by atoms with van der Waals surface area (Å²) in [5.41, 5.74) is 0. The molecular formula is C13H25N3O. The lowest BCUT2D eigenvalue weighted by molar-refractivity contribution is 0.0608. The third kappa shape index (κ3) is 2.99. The Morgan fingerprint density at radius 3 is 3.12 bits per heavy atom. The number of ether oxygens (including phenoxy) is 1. The van der Waals surface area contributed by atoms with Gasteiger partial charge in [0.25, 0.3) is 0 Å². The van der Waals surface area contributed by atoms with Crippen molar-refractivity contribution in [2.75, 3.05) is 52.5 Å². The predicted molar refractivity (Wildman–Crippen MR) is 68.3 cm³/mol. The van der Waals surface area contributed by atoms with Crippen LogP contribution < -0.4 is 5.32 Å². The number of fused-ring (bicyclic) bond motifs is 1. The molecule has 0 saturated carbocycles. The molecule has 1 N–H and O–H groups in total. The van der Waals surface area contributed by atoms with Crippen molar-refractivity contribution in [3.8, 4) is 0 Å². The number of rotatable bonds is 3. The maximum Gasteiger partial charge on any atom is 0.0620 e. The number of nitrogens with one attached hydrogen (secondary N) is 1. The summed E-state index contributed by atoms with van der Waals surface area (Å²) < 4.78 is 5.50. The number of hydrogen-bond donors (Lipinski definition) is 1. The first-order valence-corrected chi connectivity index (χ1v) is 7.19. The van der Waals surface area contributed by atoms with E-state index in [-0.39, 0.29) is 0 Å². The van der Waals surface area contributed by atoms with Crippen LogP contribution in [0.25, 0.3) is 0 Å².